The smallest absolute Gasteiger partial charge is 0.138 e. The molecule has 194 valence electrons. The highest BCUT2D eigenvalue weighted by Gasteiger charge is 2.30. The molecular weight excluding hydrogens is 508 g/mol. The second-order valence-corrected chi connectivity index (χ2v) is 12.2. The summed E-state index contributed by atoms with van der Waals surface area (Å²) in [5.41, 5.74) is 2.85. The molecule has 1 heterocycles. The summed E-state index contributed by atoms with van der Waals surface area (Å²) in [6, 6.07) is 19.2. The minimum absolute atomic E-state index is 0.0851. The lowest BCUT2D eigenvalue weighted by molar-refractivity contribution is -0.0760. The Bertz CT molecular complexity index is 1560. The number of aromatic nitrogens is 1. The van der Waals surface area contributed by atoms with Gasteiger partial charge in [-0.3, -0.25) is 4.98 Å². The second-order valence-electron chi connectivity index (χ2n) is 9.02. The van der Waals surface area contributed by atoms with Crippen molar-refractivity contribution in [2.45, 2.75) is 48.7 Å². The Morgan fingerprint density at radius 1 is 0.973 bits per heavy atom. The van der Waals surface area contributed by atoms with Crippen molar-refractivity contribution in [2.24, 2.45) is 0 Å². The lowest BCUT2D eigenvalue weighted by atomic mass is 10.1. The molecule has 1 atom stereocenters. The van der Waals surface area contributed by atoms with Gasteiger partial charge in [-0.25, -0.2) is 13.2 Å². The van der Waals surface area contributed by atoms with E-state index in [0.717, 1.165) is 38.6 Å². The van der Waals surface area contributed by atoms with Crippen molar-refractivity contribution in [3.8, 4) is 17.2 Å². The van der Waals surface area contributed by atoms with Crippen LogP contribution in [0.3, 0.4) is 0 Å². The third kappa shape index (κ3) is 6.54. The van der Waals surface area contributed by atoms with Gasteiger partial charge in [0.2, 0.25) is 0 Å². The zero-order valence-corrected chi connectivity index (χ0v) is 22.9. The number of rotatable bonds is 6. The van der Waals surface area contributed by atoms with Gasteiger partial charge in [0.05, 0.1) is 38.4 Å². The predicted octanol–water partition coefficient (Wildman–Crippen LogP) is 4.63. The van der Waals surface area contributed by atoms with Crippen molar-refractivity contribution in [2.75, 3.05) is 7.11 Å². The summed E-state index contributed by atoms with van der Waals surface area (Å²) < 4.78 is 50.2. The first-order valence-corrected chi connectivity index (χ1v) is 14.5. The van der Waals surface area contributed by atoms with E-state index in [1.165, 1.54) is 12.8 Å². The maximum Gasteiger partial charge on any atom is 0.138 e. The topological polar surface area (TPSA) is 114 Å². The van der Waals surface area contributed by atoms with Crippen molar-refractivity contribution < 1.29 is 27.2 Å². The molecule has 1 unspecified atom stereocenters. The van der Waals surface area contributed by atoms with Gasteiger partial charge in [0.25, 0.3) is 0 Å². The molecule has 37 heavy (non-hydrogen) atoms. The highest BCUT2D eigenvalue weighted by atomic mass is 32.2. The molecule has 7 nitrogen and oxygen atoms in total. The molecule has 0 saturated heterocycles. The summed E-state index contributed by atoms with van der Waals surface area (Å²) in [7, 11) is -2.86. The number of nitrogens with zero attached hydrogens (tertiary/aromatic N) is 1. The molecule has 5 rings (SSSR count). The number of hydrogen-bond acceptors (Lipinski definition) is 6. The van der Waals surface area contributed by atoms with Crippen LogP contribution >= 0.6 is 0 Å². The largest absolute Gasteiger partial charge is 0.744 e. The number of ether oxygens (including phenoxy) is 2. The first kappa shape index (κ1) is 26.8. The van der Waals surface area contributed by atoms with Gasteiger partial charge >= 0.3 is 0 Å². The van der Waals surface area contributed by atoms with E-state index >= 15 is 0 Å². The number of pyridine rings is 1. The van der Waals surface area contributed by atoms with E-state index in [4.69, 9.17) is 14.3 Å². The van der Waals surface area contributed by atoms with E-state index in [1.807, 2.05) is 43.3 Å². The SMILES string of the molecule is COc1ccc2c(Oc3cccc(S(=[NH2+])C4CC4)c3)ccnc2c1.Cc1cc(C)c(S(=O)(=O)[O-])c(C)c1. The standard InChI is InChI=1S/C19H18N2O2S.C9H12O3S/c1-22-13-5-8-17-18(12-13)21-10-9-19(17)23-14-3-2-4-16(11-14)24(20)15-6-7-15;1-6-4-7(2)9(8(3)5-6)13(10,11)12/h2-5,8-12,15,20H,6-7H2,1H3;4-5H,1-3H3,(H,10,11,12). The Balaban J connectivity index is 0.000000209. The number of nitrogens with two attached hydrogens (primary N) is 1. The Labute approximate surface area is 220 Å². The lowest BCUT2D eigenvalue weighted by Crippen LogP contribution is -2.36. The molecule has 1 aliphatic rings. The van der Waals surface area contributed by atoms with Crippen LogP contribution in [-0.2, 0) is 20.8 Å². The molecule has 0 aliphatic heterocycles. The predicted molar refractivity (Wildman–Crippen MR) is 144 cm³/mol. The van der Waals surface area contributed by atoms with Crippen LogP contribution in [0.5, 0.6) is 17.2 Å². The monoisotopic (exact) mass is 538 g/mol. The molecule has 0 bridgehead atoms. The zero-order chi connectivity index (χ0) is 26.7. The van der Waals surface area contributed by atoms with E-state index in [9.17, 15) is 13.0 Å². The van der Waals surface area contributed by atoms with Gasteiger partial charge in [-0.05, 0) is 81.1 Å². The number of methoxy groups -OCH3 is 1. The summed E-state index contributed by atoms with van der Waals surface area (Å²) in [5, 5.41) is 1.60. The first-order chi connectivity index (χ1) is 17.6. The van der Waals surface area contributed by atoms with Crippen molar-refractivity contribution in [3.63, 3.8) is 0 Å². The van der Waals surface area contributed by atoms with Crippen molar-refractivity contribution in [1.82, 2.24) is 4.98 Å². The second kappa shape index (κ2) is 11.0. The van der Waals surface area contributed by atoms with Gasteiger partial charge in [0.15, 0.2) is 0 Å². The normalized spacial score (nSPS) is 14.0. The Kier molecular flexibility index (Phi) is 7.96. The summed E-state index contributed by atoms with van der Waals surface area (Å²) in [6.07, 6.45) is 4.22. The molecule has 3 aromatic carbocycles. The van der Waals surface area contributed by atoms with Crippen molar-refractivity contribution in [1.29, 1.82) is 0 Å². The maximum atomic E-state index is 10.8. The van der Waals surface area contributed by atoms with E-state index in [1.54, 1.807) is 39.3 Å². The fourth-order valence-electron chi connectivity index (χ4n) is 4.20. The van der Waals surface area contributed by atoms with E-state index in [-0.39, 0.29) is 15.6 Å². The minimum atomic E-state index is -4.33. The van der Waals surface area contributed by atoms with Crippen molar-refractivity contribution >= 4 is 31.7 Å². The van der Waals surface area contributed by atoms with Gasteiger partial charge in [-0.15, -0.1) is 0 Å². The number of aryl methyl sites for hydroxylation is 3. The van der Waals surface area contributed by atoms with Gasteiger partial charge in [-0.2, -0.15) is 0 Å². The van der Waals surface area contributed by atoms with Crippen LogP contribution in [0.4, 0.5) is 0 Å². The highest BCUT2D eigenvalue weighted by molar-refractivity contribution is 7.86. The van der Waals surface area contributed by atoms with Crippen molar-refractivity contribution in [3.05, 3.63) is 83.6 Å². The Hall–Kier alpha value is -3.27. The number of benzene rings is 3. The molecule has 2 N–H and O–H groups in total. The Morgan fingerprint density at radius 3 is 2.30 bits per heavy atom. The zero-order valence-electron chi connectivity index (χ0n) is 21.2. The number of hydrogen-bond donors (Lipinski definition) is 1. The van der Waals surface area contributed by atoms with Crippen LogP contribution in [0.2, 0.25) is 0 Å². The van der Waals surface area contributed by atoms with E-state index in [2.05, 4.69) is 17.1 Å². The summed E-state index contributed by atoms with van der Waals surface area (Å²) in [5.74, 6) is 2.37. The maximum absolute atomic E-state index is 10.8. The molecule has 0 amide bonds. The fraction of sp³-hybridized carbons (Fsp3) is 0.250. The summed E-state index contributed by atoms with van der Waals surface area (Å²) in [6.45, 7) is 5.12. The molecule has 0 radical (unpaired) electrons. The quantitative estimate of drug-likeness (QED) is 0.358. The van der Waals surface area contributed by atoms with Gasteiger partial charge in [0, 0.05) is 17.6 Å². The molecule has 1 aromatic heterocycles. The lowest BCUT2D eigenvalue weighted by Gasteiger charge is -2.14. The van der Waals surface area contributed by atoms with Crippen LogP contribution in [0, 0.1) is 20.8 Å². The molecular formula is C28H30N2O5S2. The van der Waals surface area contributed by atoms with Gasteiger partial charge in [-0.1, -0.05) is 23.8 Å². The van der Waals surface area contributed by atoms with Crippen LogP contribution in [-0.4, -0.2) is 30.3 Å². The Morgan fingerprint density at radius 2 is 1.68 bits per heavy atom. The third-order valence-electron chi connectivity index (χ3n) is 5.95. The minimum Gasteiger partial charge on any atom is -0.744 e. The van der Waals surface area contributed by atoms with E-state index in [0.29, 0.717) is 16.4 Å². The van der Waals surface area contributed by atoms with Gasteiger partial charge < -0.3 is 14.0 Å². The van der Waals surface area contributed by atoms with Crippen LogP contribution in [0.15, 0.2) is 76.7 Å². The van der Waals surface area contributed by atoms with Crippen LogP contribution < -0.4 is 14.3 Å². The molecule has 1 fully saturated rings. The fourth-order valence-corrected chi connectivity index (χ4v) is 6.63. The van der Waals surface area contributed by atoms with Crippen LogP contribution in [0.1, 0.15) is 29.5 Å². The molecule has 4 aromatic rings. The van der Waals surface area contributed by atoms with Crippen LogP contribution in [0.25, 0.3) is 10.9 Å². The average molecular weight is 539 g/mol. The summed E-state index contributed by atoms with van der Waals surface area (Å²) in [4.78, 5) is 5.47. The summed E-state index contributed by atoms with van der Waals surface area (Å²) >= 11 is 0. The first-order valence-electron chi connectivity index (χ1n) is 11.8. The van der Waals surface area contributed by atoms with E-state index < -0.39 is 10.1 Å². The third-order valence-corrected chi connectivity index (χ3v) is 9.09. The molecule has 1 aliphatic carbocycles. The molecule has 9 heteroatoms. The molecule has 1 saturated carbocycles. The highest BCUT2D eigenvalue weighted by Crippen LogP contribution is 2.33. The molecule has 0 spiro atoms. The van der Waals surface area contributed by atoms with Gasteiger partial charge in [0.1, 0.15) is 27.4 Å². The number of fused-ring (bicyclic) bond motifs is 1. The average Bonchev–Trinajstić information content (AvgIpc) is 3.68.